The standard InChI is InChI=1S/C16H22N2O2.ClH/c19-15(9-17-14-7-2-1-3-8-14)18-10-12-5-4-6-13(11-18)16(12)20;/h1-3,7-8,12-13,16-17,20H,4-6,9-11H2;1H. The van der Waals surface area contributed by atoms with Crippen LogP contribution in [0.1, 0.15) is 19.3 Å². The number of hydrogen-bond donors (Lipinski definition) is 2. The van der Waals surface area contributed by atoms with Crippen molar-refractivity contribution in [2.24, 2.45) is 11.8 Å². The van der Waals surface area contributed by atoms with E-state index in [1.165, 1.54) is 6.42 Å². The molecule has 0 spiro atoms. The summed E-state index contributed by atoms with van der Waals surface area (Å²) in [5.41, 5.74) is 0.970. The zero-order valence-corrected chi connectivity index (χ0v) is 12.9. The molecule has 1 saturated carbocycles. The van der Waals surface area contributed by atoms with E-state index in [1.807, 2.05) is 35.2 Å². The number of piperidine rings is 1. The molecule has 1 amide bonds. The molecule has 1 aliphatic heterocycles. The molecule has 1 aromatic rings. The van der Waals surface area contributed by atoms with Gasteiger partial charge in [-0.1, -0.05) is 24.6 Å². The topological polar surface area (TPSA) is 52.6 Å². The van der Waals surface area contributed by atoms with Gasteiger partial charge in [-0.15, -0.1) is 12.4 Å². The van der Waals surface area contributed by atoms with Gasteiger partial charge in [-0.25, -0.2) is 0 Å². The van der Waals surface area contributed by atoms with Gasteiger partial charge in [-0.3, -0.25) is 4.79 Å². The largest absolute Gasteiger partial charge is 0.392 e. The van der Waals surface area contributed by atoms with Gasteiger partial charge in [-0.2, -0.15) is 0 Å². The van der Waals surface area contributed by atoms with E-state index in [-0.39, 0.29) is 36.3 Å². The van der Waals surface area contributed by atoms with Crippen molar-refractivity contribution in [3.05, 3.63) is 30.3 Å². The number of aliphatic hydroxyl groups excluding tert-OH is 1. The molecule has 2 fully saturated rings. The Balaban J connectivity index is 0.00000161. The van der Waals surface area contributed by atoms with Gasteiger partial charge < -0.3 is 15.3 Å². The molecule has 0 radical (unpaired) electrons. The molecule has 1 saturated heterocycles. The number of halogens is 1. The minimum atomic E-state index is -0.199. The fourth-order valence-electron chi connectivity index (χ4n) is 3.46. The molecule has 2 atom stereocenters. The van der Waals surface area contributed by atoms with Crippen molar-refractivity contribution in [1.82, 2.24) is 4.90 Å². The van der Waals surface area contributed by atoms with Crippen LogP contribution in [0.25, 0.3) is 0 Å². The number of fused-ring (bicyclic) bond motifs is 2. The number of hydrogen-bond acceptors (Lipinski definition) is 3. The minimum Gasteiger partial charge on any atom is -0.392 e. The summed E-state index contributed by atoms with van der Waals surface area (Å²) in [5.74, 6) is 0.698. The molecular formula is C16H23ClN2O2. The number of para-hydroxylation sites is 1. The summed E-state index contributed by atoms with van der Waals surface area (Å²) in [4.78, 5) is 14.2. The van der Waals surface area contributed by atoms with Crippen molar-refractivity contribution >= 4 is 24.0 Å². The second kappa shape index (κ2) is 7.14. The highest BCUT2D eigenvalue weighted by molar-refractivity contribution is 5.85. The van der Waals surface area contributed by atoms with Gasteiger partial charge in [0.2, 0.25) is 5.91 Å². The summed E-state index contributed by atoms with van der Waals surface area (Å²) in [7, 11) is 0. The Kier molecular flexibility index (Phi) is 5.48. The zero-order chi connectivity index (χ0) is 13.9. The van der Waals surface area contributed by atoms with Crippen molar-refractivity contribution in [2.75, 3.05) is 25.0 Å². The average Bonchev–Trinajstić information content (AvgIpc) is 2.45. The van der Waals surface area contributed by atoms with Crippen LogP contribution in [-0.4, -0.2) is 41.7 Å². The molecule has 5 heteroatoms. The Morgan fingerprint density at radius 3 is 2.43 bits per heavy atom. The van der Waals surface area contributed by atoms with Crippen LogP contribution in [0, 0.1) is 11.8 Å². The van der Waals surface area contributed by atoms with Crippen LogP contribution in [0.15, 0.2) is 30.3 Å². The van der Waals surface area contributed by atoms with Gasteiger partial charge in [0.05, 0.1) is 12.6 Å². The van der Waals surface area contributed by atoms with Crippen molar-refractivity contribution in [3.8, 4) is 0 Å². The smallest absolute Gasteiger partial charge is 0.241 e. The number of anilines is 1. The maximum atomic E-state index is 12.3. The molecule has 21 heavy (non-hydrogen) atoms. The summed E-state index contributed by atoms with van der Waals surface area (Å²) in [6.07, 6.45) is 3.09. The van der Waals surface area contributed by atoms with Crippen LogP contribution in [0.4, 0.5) is 5.69 Å². The molecule has 2 aliphatic rings. The van der Waals surface area contributed by atoms with Crippen LogP contribution in [0.3, 0.4) is 0 Å². The fourth-order valence-corrected chi connectivity index (χ4v) is 3.46. The third-order valence-corrected chi connectivity index (χ3v) is 4.60. The number of nitrogens with zero attached hydrogens (tertiary/aromatic N) is 1. The first kappa shape index (κ1) is 16.1. The first-order chi connectivity index (χ1) is 9.74. The Bertz CT molecular complexity index is 455. The first-order valence-corrected chi connectivity index (χ1v) is 7.49. The molecule has 0 aromatic heterocycles. The number of rotatable bonds is 3. The molecule has 3 rings (SSSR count). The van der Waals surface area contributed by atoms with E-state index in [0.29, 0.717) is 19.6 Å². The van der Waals surface area contributed by atoms with Crippen LogP contribution >= 0.6 is 12.4 Å². The number of aliphatic hydroxyl groups is 1. The molecule has 1 aromatic carbocycles. The Hall–Kier alpha value is -1.26. The SMILES string of the molecule is Cl.O=C(CNc1ccccc1)N1CC2CCCC(C1)C2O. The van der Waals surface area contributed by atoms with Crippen LogP contribution in [0.2, 0.25) is 0 Å². The highest BCUT2D eigenvalue weighted by atomic mass is 35.5. The molecular weight excluding hydrogens is 288 g/mol. The Labute approximate surface area is 131 Å². The summed E-state index contributed by atoms with van der Waals surface area (Å²) < 4.78 is 0. The second-order valence-corrected chi connectivity index (χ2v) is 5.96. The monoisotopic (exact) mass is 310 g/mol. The van der Waals surface area contributed by atoms with Crippen molar-refractivity contribution in [1.29, 1.82) is 0 Å². The summed E-state index contributed by atoms with van der Waals surface area (Å²) >= 11 is 0. The molecule has 4 nitrogen and oxygen atoms in total. The van der Waals surface area contributed by atoms with Gasteiger partial charge in [0, 0.05) is 30.6 Å². The van der Waals surface area contributed by atoms with Crippen molar-refractivity contribution in [3.63, 3.8) is 0 Å². The average molecular weight is 311 g/mol. The van der Waals surface area contributed by atoms with E-state index >= 15 is 0 Å². The summed E-state index contributed by atoms with van der Waals surface area (Å²) in [6, 6.07) is 9.78. The van der Waals surface area contributed by atoms with Crippen LogP contribution in [-0.2, 0) is 4.79 Å². The van der Waals surface area contributed by atoms with E-state index < -0.39 is 0 Å². The maximum Gasteiger partial charge on any atom is 0.241 e. The molecule has 2 N–H and O–H groups in total. The number of nitrogens with one attached hydrogen (secondary N) is 1. The predicted octanol–water partition coefficient (Wildman–Crippen LogP) is 2.14. The maximum absolute atomic E-state index is 12.3. The van der Waals surface area contributed by atoms with Crippen LogP contribution < -0.4 is 5.32 Å². The van der Waals surface area contributed by atoms with E-state index in [1.54, 1.807) is 0 Å². The fraction of sp³-hybridized carbons (Fsp3) is 0.562. The quantitative estimate of drug-likeness (QED) is 0.899. The predicted molar refractivity (Wildman–Crippen MR) is 85.6 cm³/mol. The number of benzene rings is 1. The summed E-state index contributed by atoms with van der Waals surface area (Å²) in [6.45, 7) is 1.76. The molecule has 116 valence electrons. The van der Waals surface area contributed by atoms with Crippen molar-refractivity contribution < 1.29 is 9.90 Å². The van der Waals surface area contributed by atoms with Gasteiger partial charge >= 0.3 is 0 Å². The Morgan fingerprint density at radius 1 is 1.19 bits per heavy atom. The van der Waals surface area contributed by atoms with Crippen molar-refractivity contribution in [2.45, 2.75) is 25.4 Å². The van der Waals surface area contributed by atoms with E-state index in [9.17, 15) is 9.90 Å². The van der Waals surface area contributed by atoms with Gasteiger partial charge in [0.15, 0.2) is 0 Å². The summed E-state index contributed by atoms with van der Waals surface area (Å²) in [5, 5.41) is 13.3. The lowest BCUT2D eigenvalue weighted by atomic mass is 9.75. The number of carbonyl (C=O) groups is 1. The molecule has 1 heterocycles. The molecule has 2 unspecified atom stereocenters. The van der Waals surface area contributed by atoms with Gasteiger partial charge in [0.25, 0.3) is 0 Å². The van der Waals surface area contributed by atoms with Gasteiger partial charge in [0.1, 0.15) is 0 Å². The van der Waals surface area contributed by atoms with E-state index in [4.69, 9.17) is 0 Å². The van der Waals surface area contributed by atoms with E-state index in [2.05, 4.69) is 5.32 Å². The molecule has 1 aliphatic carbocycles. The Morgan fingerprint density at radius 2 is 1.81 bits per heavy atom. The normalized spacial score (nSPS) is 27.7. The third kappa shape index (κ3) is 3.69. The zero-order valence-electron chi connectivity index (χ0n) is 12.1. The second-order valence-electron chi connectivity index (χ2n) is 5.96. The lowest BCUT2D eigenvalue weighted by Gasteiger charge is -2.45. The number of carbonyl (C=O) groups excluding carboxylic acids is 1. The number of amides is 1. The molecule has 2 bridgehead atoms. The lowest BCUT2D eigenvalue weighted by molar-refractivity contribution is -0.137. The lowest BCUT2D eigenvalue weighted by Crippen LogP contribution is -2.54. The highest BCUT2D eigenvalue weighted by Crippen LogP contribution is 2.34. The highest BCUT2D eigenvalue weighted by Gasteiger charge is 2.39. The number of likely N-dealkylation sites (tertiary alicyclic amines) is 1. The van der Waals surface area contributed by atoms with E-state index in [0.717, 1.165) is 18.5 Å². The van der Waals surface area contributed by atoms with Gasteiger partial charge in [-0.05, 0) is 25.0 Å². The first-order valence-electron chi connectivity index (χ1n) is 7.49. The third-order valence-electron chi connectivity index (χ3n) is 4.60. The van der Waals surface area contributed by atoms with Crippen LogP contribution in [0.5, 0.6) is 0 Å². The minimum absolute atomic E-state index is 0.